The minimum absolute atomic E-state index is 0.171. The van der Waals surface area contributed by atoms with Crippen molar-refractivity contribution in [1.82, 2.24) is 10.2 Å². The van der Waals surface area contributed by atoms with Crippen molar-refractivity contribution in [3.8, 4) is 0 Å². The van der Waals surface area contributed by atoms with Crippen LogP contribution in [0, 0.1) is 12.7 Å². The third kappa shape index (κ3) is 4.73. The van der Waals surface area contributed by atoms with E-state index in [4.69, 9.17) is 0 Å². The van der Waals surface area contributed by atoms with Crippen molar-refractivity contribution in [1.29, 1.82) is 0 Å². The van der Waals surface area contributed by atoms with E-state index in [0.717, 1.165) is 44.0 Å². The summed E-state index contributed by atoms with van der Waals surface area (Å²) in [6.07, 6.45) is 0. The first-order valence-electron chi connectivity index (χ1n) is 8.96. The number of amides is 2. The molecular weight excluding hydrogens is 331 g/mol. The lowest BCUT2D eigenvalue weighted by molar-refractivity contribution is 0.240. The number of halogens is 1. The summed E-state index contributed by atoms with van der Waals surface area (Å²) in [6.45, 7) is 6.62. The Hall–Kier alpha value is -2.60. The summed E-state index contributed by atoms with van der Waals surface area (Å²) < 4.78 is 13.9. The second-order valence-corrected chi connectivity index (χ2v) is 6.48. The van der Waals surface area contributed by atoms with E-state index >= 15 is 0 Å². The molecule has 0 aliphatic carbocycles. The number of piperazine rings is 1. The molecule has 1 aliphatic heterocycles. The fourth-order valence-corrected chi connectivity index (χ4v) is 3.13. The van der Waals surface area contributed by atoms with Gasteiger partial charge in [0.15, 0.2) is 0 Å². The number of carbonyl (C=O) groups excluding carboxylic acids is 1. The molecule has 1 saturated heterocycles. The highest BCUT2D eigenvalue weighted by molar-refractivity contribution is 5.89. The van der Waals surface area contributed by atoms with Crippen LogP contribution in [0.3, 0.4) is 0 Å². The maximum atomic E-state index is 13.9. The van der Waals surface area contributed by atoms with Gasteiger partial charge in [0, 0.05) is 45.0 Å². The molecule has 0 radical (unpaired) electrons. The molecular formula is C20H25FN4O. The Morgan fingerprint density at radius 2 is 1.73 bits per heavy atom. The van der Waals surface area contributed by atoms with E-state index in [9.17, 15) is 9.18 Å². The van der Waals surface area contributed by atoms with Gasteiger partial charge in [-0.3, -0.25) is 4.90 Å². The molecule has 0 spiro atoms. The molecule has 3 rings (SSSR count). The number of carbonyl (C=O) groups is 1. The molecule has 1 fully saturated rings. The van der Waals surface area contributed by atoms with Crippen molar-refractivity contribution in [2.24, 2.45) is 0 Å². The van der Waals surface area contributed by atoms with E-state index in [1.54, 1.807) is 6.07 Å². The fraction of sp³-hybridized carbons (Fsp3) is 0.350. The molecule has 0 bridgehead atoms. The van der Waals surface area contributed by atoms with Crippen LogP contribution in [0.4, 0.5) is 20.6 Å². The Kier molecular flexibility index (Phi) is 6.07. The highest BCUT2D eigenvalue weighted by Crippen LogP contribution is 2.20. The van der Waals surface area contributed by atoms with Crippen LogP contribution >= 0.6 is 0 Å². The van der Waals surface area contributed by atoms with E-state index in [-0.39, 0.29) is 11.8 Å². The van der Waals surface area contributed by atoms with Crippen molar-refractivity contribution in [3.63, 3.8) is 0 Å². The molecule has 2 amide bonds. The zero-order valence-corrected chi connectivity index (χ0v) is 15.0. The maximum absolute atomic E-state index is 13.9. The second kappa shape index (κ2) is 8.67. The number of nitrogens with zero attached hydrogens (tertiary/aromatic N) is 2. The van der Waals surface area contributed by atoms with E-state index in [1.165, 1.54) is 6.07 Å². The molecule has 0 aromatic heterocycles. The number of rotatable bonds is 5. The van der Waals surface area contributed by atoms with E-state index in [0.29, 0.717) is 12.2 Å². The number of urea groups is 1. The van der Waals surface area contributed by atoms with Crippen molar-refractivity contribution in [2.45, 2.75) is 6.92 Å². The molecule has 26 heavy (non-hydrogen) atoms. The monoisotopic (exact) mass is 356 g/mol. The molecule has 138 valence electrons. The fourth-order valence-electron chi connectivity index (χ4n) is 3.13. The second-order valence-electron chi connectivity index (χ2n) is 6.48. The number of nitrogens with one attached hydrogen (secondary N) is 2. The lowest BCUT2D eigenvalue weighted by Gasteiger charge is -2.36. The van der Waals surface area contributed by atoms with Crippen LogP contribution in [0.15, 0.2) is 48.5 Å². The quantitative estimate of drug-likeness (QED) is 0.866. The number of para-hydroxylation sites is 2. The molecule has 0 unspecified atom stereocenters. The zero-order valence-electron chi connectivity index (χ0n) is 15.0. The highest BCUT2D eigenvalue weighted by atomic mass is 19.1. The molecule has 0 atom stereocenters. The third-order valence-electron chi connectivity index (χ3n) is 4.67. The van der Waals surface area contributed by atoms with Gasteiger partial charge in [-0.15, -0.1) is 0 Å². The minimum Gasteiger partial charge on any atom is -0.367 e. The Bertz CT molecular complexity index is 744. The summed E-state index contributed by atoms with van der Waals surface area (Å²) in [4.78, 5) is 16.3. The smallest absolute Gasteiger partial charge is 0.319 e. The molecule has 1 heterocycles. The molecule has 6 heteroatoms. The molecule has 1 aliphatic rings. The topological polar surface area (TPSA) is 47.6 Å². The summed E-state index contributed by atoms with van der Waals surface area (Å²) >= 11 is 0. The largest absolute Gasteiger partial charge is 0.367 e. The number of aryl methyl sites for hydroxylation is 1. The van der Waals surface area contributed by atoms with Gasteiger partial charge in [-0.25, -0.2) is 9.18 Å². The summed E-state index contributed by atoms with van der Waals surface area (Å²) in [5, 5.41) is 5.76. The average molecular weight is 356 g/mol. The molecule has 2 aromatic rings. The first kappa shape index (κ1) is 18.2. The molecule has 0 saturated carbocycles. The Morgan fingerprint density at radius 1 is 1.04 bits per heavy atom. The number of hydrogen-bond donors (Lipinski definition) is 2. The number of hydrogen-bond acceptors (Lipinski definition) is 3. The van der Waals surface area contributed by atoms with Crippen LogP contribution in [0.5, 0.6) is 0 Å². The van der Waals surface area contributed by atoms with Gasteiger partial charge in [0.1, 0.15) is 5.82 Å². The van der Waals surface area contributed by atoms with Gasteiger partial charge < -0.3 is 15.5 Å². The van der Waals surface area contributed by atoms with E-state index in [2.05, 4.69) is 20.4 Å². The van der Waals surface area contributed by atoms with Crippen LogP contribution in [0.1, 0.15) is 5.56 Å². The van der Waals surface area contributed by atoms with E-state index < -0.39 is 0 Å². The lowest BCUT2D eigenvalue weighted by atomic mass is 10.2. The summed E-state index contributed by atoms with van der Waals surface area (Å²) in [7, 11) is 0. The Morgan fingerprint density at radius 3 is 2.46 bits per heavy atom. The van der Waals surface area contributed by atoms with Crippen molar-refractivity contribution in [3.05, 3.63) is 59.9 Å². The van der Waals surface area contributed by atoms with Crippen LogP contribution < -0.4 is 15.5 Å². The van der Waals surface area contributed by atoms with Gasteiger partial charge in [0.25, 0.3) is 0 Å². The van der Waals surface area contributed by atoms with Gasteiger partial charge in [0.05, 0.1) is 5.69 Å². The van der Waals surface area contributed by atoms with Gasteiger partial charge in [0.2, 0.25) is 0 Å². The average Bonchev–Trinajstić information content (AvgIpc) is 2.65. The first-order chi connectivity index (χ1) is 12.6. The summed E-state index contributed by atoms with van der Waals surface area (Å²) in [6, 6.07) is 14.4. The first-order valence-corrected chi connectivity index (χ1v) is 8.96. The van der Waals surface area contributed by atoms with Crippen LogP contribution in [-0.2, 0) is 0 Å². The number of anilines is 2. The van der Waals surface area contributed by atoms with E-state index in [1.807, 2.05) is 43.3 Å². The predicted octanol–water partition coefficient (Wildman–Crippen LogP) is 3.08. The Labute approximate surface area is 153 Å². The summed E-state index contributed by atoms with van der Waals surface area (Å²) in [5.41, 5.74) is 2.53. The van der Waals surface area contributed by atoms with Gasteiger partial charge >= 0.3 is 6.03 Å². The van der Waals surface area contributed by atoms with Crippen molar-refractivity contribution >= 4 is 17.4 Å². The van der Waals surface area contributed by atoms with Gasteiger partial charge in [-0.1, -0.05) is 30.3 Å². The minimum atomic E-state index is -0.190. The summed E-state index contributed by atoms with van der Waals surface area (Å²) in [5.74, 6) is -0.171. The highest BCUT2D eigenvalue weighted by Gasteiger charge is 2.19. The predicted molar refractivity (Wildman–Crippen MR) is 103 cm³/mol. The van der Waals surface area contributed by atoms with Gasteiger partial charge in [-0.05, 0) is 30.7 Å². The molecule has 2 aromatic carbocycles. The normalized spacial score (nSPS) is 14.9. The number of benzene rings is 2. The SMILES string of the molecule is Cc1ccccc1NC(=O)NCCN1CCN(c2ccccc2F)CC1. The van der Waals surface area contributed by atoms with Crippen LogP contribution in [0.2, 0.25) is 0 Å². The Balaban J connectivity index is 1.38. The van der Waals surface area contributed by atoms with Crippen molar-refractivity contribution in [2.75, 3.05) is 49.5 Å². The third-order valence-corrected chi connectivity index (χ3v) is 4.67. The molecule has 2 N–H and O–H groups in total. The van der Waals surface area contributed by atoms with Crippen LogP contribution in [0.25, 0.3) is 0 Å². The standard InChI is InChI=1S/C20H25FN4O/c1-16-6-2-4-8-18(16)23-20(26)22-10-11-24-12-14-25(15-13-24)19-9-5-3-7-17(19)21/h2-9H,10-15H2,1H3,(H2,22,23,26). The van der Waals surface area contributed by atoms with Crippen LogP contribution in [-0.4, -0.2) is 50.2 Å². The van der Waals surface area contributed by atoms with Gasteiger partial charge in [-0.2, -0.15) is 0 Å². The molecule has 5 nitrogen and oxygen atoms in total. The zero-order chi connectivity index (χ0) is 18.4. The lowest BCUT2D eigenvalue weighted by Crippen LogP contribution is -2.49. The maximum Gasteiger partial charge on any atom is 0.319 e. The van der Waals surface area contributed by atoms with Crippen molar-refractivity contribution < 1.29 is 9.18 Å².